The Morgan fingerprint density at radius 2 is 1.64 bits per heavy atom. The molecule has 3 nitrogen and oxygen atoms in total. The lowest BCUT2D eigenvalue weighted by molar-refractivity contribution is 0.348. The Morgan fingerprint density at radius 3 is 2.27 bits per heavy atom. The molecule has 5 N–H and O–H groups in total. The third-order valence-corrected chi connectivity index (χ3v) is 4.90. The molecule has 116 valence electrons. The SMILES string of the molecule is CC1CCC(c2ccc(-c3ccc(O)c(N)c3)c(N)c2)CC1. The van der Waals surface area contributed by atoms with Crippen molar-refractivity contribution < 1.29 is 5.11 Å². The molecule has 2 aromatic rings. The van der Waals surface area contributed by atoms with Crippen LogP contribution in [0.15, 0.2) is 36.4 Å². The van der Waals surface area contributed by atoms with Crippen molar-refractivity contribution in [3.8, 4) is 16.9 Å². The standard InChI is InChI=1S/C19H24N2O/c1-12-2-4-13(5-3-12)14-6-8-16(17(20)10-14)15-7-9-19(22)18(21)11-15/h6-13,22H,2-5,20-21H2,1H3. The maximum atomic E-state index is 9.54. The van der Waals surface area contributed by atoms with Crippen LogP contribution in [0.1, 0.15) is 44.1 Å². The van der Waals surface area contributed by atoms with E-state index in [1.165, 1.54) is 31.2 Å². The molecular weight excluding hydrogens is 272 g/mol. The van der Waals surface area contributed by atoms with Gasteiger partial charge in [-0.1, -0.05) is 38.0 Å². The Bertz CT molecular complexity index is 673. The van der Waals surface area contributed by atoms with Crippen LogP contribution in [0.2, 0.25) is 0 Å². The van der Waals surface area contributed by atoms with Gasteiger partial charge in [0.05, 0.1) is 5.69 Å². The topological polar surface area (TPSA) is 72.3 Å². The summed E-state index contributed by atoms with van der Waals surface area (Å²) in [4.78, 5) is 0. The summed E-state index contributed by atoms with van der Waals surface area (Å²) >= 11 is 0. The van der Waals surface area contributed by atoms with Gasteiger partial charge in [0.2, 0.25) is 0 Å². The molecule has 0 bridgehead atoms. The van der Waals surface area contributed by atoms with Gasteiger partial charge in [-0.15, -0.1) is 0 Å². The van der Waals surface area contributed by atoms with Gasteiger partial charge in [-0.05, 0) is 54.0 Å². The van der Waals surface area contributed by atoms with Gasteiger partial charge in [-0.3, -0.25) is 0 Å². The highest BCUT2D eigenvalue weighted by Gasteiger charge is 2.20. The second kappa shape index (κ2) is 5.91. The van der Waals surface area contributed by atoms with Gasteiger partial charge in [0.1, 0.15) is 5.75 Å². The molecule has 22 heavy (non-hydrogen) atoms. The number of nitrogens with two attached hydrogens (primary N) is 2. The van der Waals surface area contributed by atoms with Crippen molar-refractivity contribution in [3.63, 3.8) is 0 Å². The molecule has 0 saturated heterocycles. The first-order valence-electron chi connectivity index (χ1n) is 8.03. The van der Waals surface area contributed by atoms with Gasteiger partial charge in [0.15, 0.2) is 0 Å². The Balaban J connectivity index is 1.87. The minimum absolute atomic E-state index is 0.107. The molecule has 0 atom stereocenters. The van der Waals surface area contributed by atoms with Crippen LogP contribution in [-0.2, 0) is 0 Å². The molecular formula is C19H24N2O. The van der Waals surface area contributed by atoms with Crippen LogP contribution >= 0.6 is 0 Å². The van der Waals surface area contributed by atoms with Crippen LogP contribution in [0, 0.1) is 5.92 Å². The van der Waals surface area contributed by atoms with Crippen molar-refractivity contribution in [3.05, 3.63) is 42.0 Å². The van der Waals surface area contributed by atoms with Crippen molar-refractivity contribution >= 4 is 11.4 Å². The predicted molar refractivity (Wildman–Crippen MR) is 92.7 cm³/mol. The summed E-state index contributed by atoms with van der Waals surface area (Å²) in [5.41, 5.74) is 16.5. The summed E-state index contributed by atoms with van der Waals surface area (Å²) in [6.45, 7) is 2.34. The van der Waals surface area contributed by atoms with Gasteiger partial charge >= 0.3 is 0 Å². The first kappa shape index (κ1) is 14.8. The zero-order chi connectivity index (χ0) is 15.7. The molecule has 1 fully saturated rings. The minimum Gasteiger partial charge on any atom is -0.506 e. The highest BCUT2D eigenvalue weighted by Crippen LogP contribution is 2.38. The van der Waals surface area contributed by atoms with E-state index in [9.17, 15) is 5.11 Å². The highest BCUT2D eigenvalue weighted by molar-refractivity contribution is 5.79. The smallest absolute Gasteiger partial charge is 0.138 e. The number of hydrogen-bond donors (Lipinski definition) is 3. The molecule has 2 aromatic carbocycles. The summed E-state index contributed by atoms with van der Waals surface area (Å²) in [7, 11) is 0. The van der Waals surface area contributed by atoms with Crippen molar-refractivity contribution in [2.75, 3.05) is 11.5 Å². The predicted octanol–water partition coefficient (Wildman–Crippen LogP) is 4.52. The van der Waals surface area contributed by atoms with Gasteiger partial charge in [0, 0.05) is 11.3 Å². The van der Waals surface area contributed by atoms with E-state index < -0.39 is 0 Å². The first-order valence-corrected chi connectivity index (χ1v) is 8.03. The fraction of sp³-hybridized carbons (Fsp3) is 0.368. The number of aromatic hydroxyl groups is 1. The molecule has 0 spiro atoms. The molecule has 0 heterocycles. The Kier molecular flexibility index (Phi) is 3.97. The number of anilines is 2. The van der Waals surface area contributed by atoms with Gasteiger partial charge in [-0.2, -0.15) is 0 Å². The molecule has 0 aromatic heterocycles. The van der Waals surface area contributed by atoms with E-state index in [2.05, 4.69) is 25.1 Å². The molecule has 1 saturated carbocycles. The molecule has 0 radical (unpaired) electrons. The number of hydrogen-bond acceptors (Lipinski definition) is 3. The van der Waals surface area contributed by atoms with Crippen molar-refractivity contribution in [2.24, 2.45) is 5.92 Å². The van der Waals surface area contributed by atoms with Gasteiger partial charge in [0.25, 0.3) is 0 Å². The third-order valence-electron chi connectivity index (χ3n) is 4.90. The first-order chi connectivity index (χ1) is 10.5. The van der Waals surface area contributed by atoms with E-state index in [4.69, 9.17) is 11.5 Å². The number of benzene rings is 2. The van der Waals surface area contributed by atoms with Crippen molar-refractivity contribution in [1.82, 2.24) is 0 Å². The van der Waals surface area contributed by atoms with E-state index >= 15 is 0 Å². The molecule has 3 heteroatoms. The van der Waals surface area contributed by atoms with Crippen LogP contribution in [0.25, 0.3) is 11.1 Å². The summed E-state index contributed by atoms with van der Waals surface area (Å²) in [5, 5.41) is 9.54. The maximum absolute atomic E-state index is 9.54. The summed E-state index contributed by atoms with van der Waals surface area (Å²) in [6.07, 6.45) is 5.12. The number of rotatable bonds is 2. The quantitative estimate of drug-likeness (QED) is 0.563. The lowest BCUT2D eigenvalue weighted by atomic mass is 9.79. The fourth-order valence-corrected chi connectivity index (χ4v) is 3.41. The molecule has 0 aliphatic heterocycles. The Labute approximate surface area is 132 Å². The van der Waals surface area contributed by atoms with Crippen LogP contribution < -0.4 is 11.5 Å². The number of phenols is 1. The second-order valence-electron chi connectivity index (χ2n) is 6.58. The average molecular weight is 296 g/mol. The largest absolute Gasteiger partial charge is 0.506 e. The maximum Gasteiger partial charge on any atom is 0.138 e. The molecule has 0 unspecified atom stereocenters. The van der Waals surface area contributed by atoms with E-state index in [0.29, 0.717) is 11.6 Å². The number of nitrogen functional groups attached to an aromatic ring is 2. The average Bonchev–Trinajstić information content (AvgIpc) is 2.51. The van der Waals surface area contributed by atoms with Crippen LogP contribution in [0.4, 0.5) is 11.4 Å². The molecule has 3 rings (SSSR count). The summed E-state index contributed by atoms with van der Waals surface area (Å²) in [5.74, 6) is 1.60. The highest BCUT2D eigenvalue weighted by atomic mass is 16.3. The van der Waals surface area contributed by atoms with Gasteiger partial charge < -0.3 is 16.6 Å². The van der Waals surface area contributed by atoms with Crippen LogP contribution in [-0.4, -0.2) is 5.11 Å². The number of phenolic OH excluding ortho intramolecular Hbond substituents is 1. The molecule has 1 aliphatic carbocycles. The molecule has 0 amide bonds. The monoisotopic (exact) mass is 296 g/mol. The normalized spacial score (nSPS) is 21.7. The van der Waals surface area contributed by atoms with Gasteiger partial charge in [-0.25, -0.2) is 0 Å². The summed E-state index contributed by atoms with van der Waals surface area (Å²) in [6, 6.07) is 11.6. The lowest BCUT2D eigenvalue weighted by Gasteiger charge is -2.27. The van der Waals surface area contributed by atoms with E-state index in [-0.39, 0.29) is 5.75 Å². The zero-order valence-corrected chi connectivity index (χ0v) is 13.0. The van der Waals surface area contributed by atoms with Crippen LogP contribution in [0.5, 0.6) is 5.75 Å². The van der Waals surface area contributed by atoms with E-state index in [1.54, 1.807) is 12.1 Å². The lowest BCUT2D eigenvalue weighted by Crippen LogP contribution is -2.11. The Morgan fingerprint density at radius 1 is 0.909 bits per heavy atom. The molecule has 1 aliphatic rings. The summed E-state index contributed by atoms with van der Waals surface area (Å²) < 4.78 is 0. The van der Waals surface area contributed by atoms with Crippen LogP contribution in [0.3, 0.4) is 0 Å². The Hall–Kier alpha value is -2.16. The minimum atomic E-state index is 0.107. The van der Waals surface area contributed by atoms with E-state index in [1.807, 2.05) is 6.07 Å². The second-order valence-corrected chi connectivity index (χ2v) is 6.58. The van der Waals surface area contributed by atoms with Crippen molar-refractivity contribution in [2.45, 2.75) is 38.5 Å². The van der Waals surface area contributed by atoms with Crippen molar-refractivity contribution in [1.29, 1.82) is 0 Å². The van der Waals surface area contributed by atoms with E-state index in [0.717, 1.165) is 22.7 Å². The fourth-order valence-electron chi connectivity index (χ4n) is 3.41. The zero-order valence-electron chi connectivity index (χ0n) is 13.0. The third kappa shape index (κ3) is 2.89.